The van der Waals surface area contributed by atoms with Gasteiger partial charge in [-0.3, -0.25) is 0 Å². The number of benzene rings is 1. The quantitative estimate of drug-likeness (QED) is 0.693. The van der Waals surface area contributed by atoms with Crippen molar-refractivity contribution in [1.82, 2.24) is 5.32 Å². The maximum absolute atomic E-state index is 3.21. The van der Waals surface area contributed by atoms with Gasteiger partial charge in [0.15, 0.2) is 0 Å². The second kappa shape index (κ2) is 10.1. The van der Waals surface area contributed by atoms with Crippen molar-refractivity contribution in [3.8, 4) is 0 Å². The van der Waals surface area contributed by atoms with Gasteiger partial charge in [-0.25, -0.2) is 0 Å². The lowest BCUT2D eigenvalue weighted by Gasteiger charge is -2.08. The molecule has 0 saturated heterocycles. The van der Waals surface area contributed by atoms with E-state index in [-0.39, 0.29) is 16.4 Å². The van der Waals surface area contributed by atoms with Crippen molar-refractivity contribution in [3.05, 3.63) is 35.9 Å². The zero-order valence-electron chi connectivity index (χ0n) is 8.67. The van der Waals surface area contributed by atoms with Gasteiger partial charge >= 0.3 is 0 Å². The van der Waals surface area contributed by atoms with E-state index in [0.717, 1.165) is 6.42 Å². The van der Waals surface area contributed by atoms with Gasteiger partial charge in [-0.1, -0.05) is 30.3 Å². The van der Waals surface area contributed by atoms with E-state index < -0.39 is 0 Å². The normalized spacial score (nSPS) is 10.1. The molecule has 14 heavy (non-hydrogen) atoms. The van der Waals surface area contributed by atoms with Crippen LogP contribution in [0.3, 0.4) is 0 Å². The van der Waals surface area contributed by atoms with Gasteiger partial charge in [-0.05, 0) is 26.0 Å². The fraction of sp³-hybridized carbons (Fsp3) is 0.400. The molecular formula is C10H21NO3. The summed E-state index contributed by atoms with van der Waals surface area (Å²) in [6, 6.07) is 11.1. The highest BCUT2D eigenvalue weighted by Gasteiger charge is 1.97. The third kappa shape index (κ3) is 6.56. The standard InChI is InChI=1S/C10H15N.3H2O/c1-9(11-2)8-10-6-4-3-5-7-10;;;/h3-7,9,11H,8H2,1-2H3;3*1H2/t9-;;;/m0.../s1. The highest BCUT2D eigenvalue weighted by atomic mass is 16.0. The molecule has 0 amide bonds. The zero-order chi connectivity index (χ0) is 8.10. The third-order valence-corrected chi connectivity index (χ3v) is 1.88. The Kier molecular flexibility index (Phi) is 13.6. The summed E-state index contributed by atoms with van der Waals surface area (Å²) >= 11 is 0. The van der Waals surface area contributed by atoms with E-state index in [1.54, 1.807) is 0 Å². The van der Waals surface area contributed by atoms with Crippen LogP contribution in [0.2, 0.25) is 0 Å². The van der Waals surface area contributed by atoms with Crippen molar-refractivity contribution >= 4 is 0 Å². The van der Waals surface area contributed by atoms with Gasteiger partial charge in [-0.15, -0.1) is 0 Å². The Morgan fingerprint density at radius 2 is 1.57 bits per heavy atom. The first-order chi connectivity index (χ1) is 5.33. The third-order valence-electron chi connectivity index (χ3n) is 1.88. The maximum atomic E-state index is 3.21. The van der Waals surface area contributed by atoms with Crippen molar-refractivity contribution in [3.63, 3.8) is 0 Å². The minimum absolute atomic E-state index is 0. The Labute approximate surface area is 84.9 Å². The van der Waals surface area contributed by atoms with Crippen LogP contribution in [0.25, 0.3) is 0 Å². The topological polar surface area (TPSA) is 107 Å². The van der Waals surface area contributed by atoms with Gasteiger partial charge in [-0.2, -0.15) is 0 Å². The number of likely N-dealkylation sites (N-methyl/N-ethyl adjacent to an activating group) is 1. The molecule has 0 aliphatic heterocycles. The molecule has 7 N–H and O–H groups in total. The average Bonchev–Trinajstić information content (AvgIpc) is 2.06. The molecule has 1 rings (SSSR count). The van der Waals surface area contributed by atoms with Crippen LogP contribution < -0.4 is 5.32 Å². The Balaban J connectivity index is -0.000000403. The van der Waals surface area contributed by atoms with Gasteiger partial charge in [0.2, 0.25) is 0 Å². The Morgan fingerprint density at radius 1 is 1.07 bits per heavy atom. The molecule has 0 heterocycles. The van der Waals surface area contributed by atoms with Crippen molar-refractivity contribution in [1.29, 1.82) is 0 Å². The molecule has 0 radical (unpaired) electrons. The van der Waals surface area contributed by atoms with E-state index in [2.05, 4.69) is 36.5 Å². The van der Waals surface area contributed by atoms with Gasteiger partial charge < -0.3 is 21.7 Å². The van der Waals surface area contributed by atoms with E-state index in [1.807, 2.05) is 13.1 Å². The van der Waals surface area contributed by atoms with Crippen molar-refractivity contribution in [2.24, 2.45) is 0 Å². The Hall–Kier alpha value is -0.940. The van der Waals surface area contributed by atoms with Gasteiger partial charge in [0, 0.05) is 6.04 Å². The van der Waals surface area contributed by atoms with Crippen LogP contribution in [0.1, 0.15) is 12.5 Å². The van der Waals surface area contributed by atoms with Crippen LogP contribution in [0, 0.1) is 0 Å². The monoisotopic (exact) mass is 203 g/mol. The van der Waals surface area contributed by atoms with Gasteiger partial charge in [0.05, 0.1) is 0 Å². The number of nitrogens with one attached hydrogen (secondary N) is 1. The number of hydrogen-bond acceptors (Lipinski definition) is 1. The van der Waals surface area contributed by atoms with E-state index in [1.165, 1.54) is 5.56 Å². The molecule has 0 fully saturated rings. The van der Waals surface area contributed by atoms with E-state index in [9.17, 15) is 0 Å². The Morgan fingerprint density at radius 3 is 2.00 bits per heavy atom. The highest BCUT2D eigenvalue weighted by molar-refractivity contribution is 5.15. The maximum Gasteiger partial charge on any atom is 0.00761 e. The minimum atomic E-state index is 0. The van der Waals surface area contributed by atoms with Crippen LogP contribution >= 0.6 is 0 Å². The number of hydrogen-bond donors (Lipinski definition) is 1. The predicted octanol–water partition coefficient (Wildman–Crippen LogP) is -0.637. The van der Waals surface area contributed by atoms with Gasteiger partial charge in [0.1, 0.15) is 0 Å². The predicted molar refractivity (Wildman–Crippen MR) is 59.5 cm³/mol. The summed E-state index contributed by atoms with van der Waals surface area (Å²) in [5.74, 6) is 0. The van der Waals surface area contributed by atoms with Crippen LogP contribution in [0.5, 0.6) is 0 Å². The Bertz CT molecular complexity index is 204. The summed E-state index contributed by atoms with van der Waals surface area (Å²) in [7, 11) is 1.99. The summed E-state index contributed by atoms with van der Waals surface area (Å²) in [5, 5.41) is 3.21. The molecule has 0 aliphatic rings. The highest BCUT2D eigenvalue weighted by Crippen LogP contribution is 2.01. The molecule has 0 unspecified atom stereocenters. The summed E-state index contributed by atoms with van der Waals surface area (Å²) in [6.07, 6.45) is 1.11. The minimum Gasteiger partial charge on any atom is -0.412 e. The molecule has 1 aromatic carbocycles. The van der Waals surface area contributed by atoms with Gasteiger partial charge in [0.25, 0.3) is 0 Å². The molecule has 0 aliphatic carbocycles. The molecule has 0 spiro atoms. The SMILES string of the molecule is CN[C@@H](C)Cc1ccccc1.O.O.O. The van der Waals surface area contributed by atoms with Crippen molar-refractivity contribution in [2.45, 2.75) is 19.4 Å². The molecular weight excluding hydrogens is 182 g/mol. The molecule has 0 aromatic heterocycles. The molecule has 0 bridgehead atoms. The number of rotatable bonds is 3. The smallest absolute Gasteiger partial charge is 0.00761 e. The lowest BCUT2D eigenvalue weighted by molar-refractivity contribution is 0.608. The average molecular weight is 203 g/mol. The lowest BCUT2D eigenvalue weighted by Crippen LogP contribution is -2.23. The van der Waals surface area contributed by atoms with E-state index in [0.29, 0.717) is 6.04 Å². The molecule has 4 heteroatoms. The van der Waals surface area contributed by atoms with Crippen LogP contribution in [-0.2, 0) is 6.42 Å². The summed E-state index contributed by atoms with van der Waals surface area (Å²) in [5.41, 5.74) is 1.40. The molecule has 1 aromatic rings. The molecule has 84 valence electrons. The van der Waals surface area contributed by atoms with Crippen molar-refractivity contribution in [2.75, 3.05) is 7.05 Å². The molecule has 4 nitrogen and oxygen atoms in total. The summed E-state index contributed by atoms with van der Waals surface area (Å²) in [4.78, 5) is 0. The first-order valence-corrected chi connectivity index (χ1v) is 4.04. The molecule has 0 saturated carbocycles. The fourth-order valence-electron chi connectivity index (χ4n) is 1.07. The van der Waals surface area contributed by atoms with E-state index in [4.69, 9.17) is 0 Å². The largest absolute Gasteiger partial charge is 0.412 e. The fourth-order valence-corrected chi connectivity index (χ4v) is 1.07. The van der Waals surface area contributed by atoms with E-state index >= 15 is 0 Å². The first kappa shape index (κ1) is 18.8. The van der Waals surface area contributed by atoms with Crippen molar-refractivity contribution < 1.29 is 16.4 Å². The molecule has 1 atom stereocenters. The first-order valence-electron chi connectivity index (χ1n) is 4.04. The summed E-state index contributed by atoms with van der Waals surface area (Å²) in [6.45, 7) is 2.19. The van der Waals surface area contributed by atoms with Crippen LogP contribution in [0.15, 0.2) is 30.3 Å². The summed E-state index contributed by atoms with van der Waals surface area (Å²) < 4.78 is 0. The van der Waals surface area contributed by atoms with Crippen LogP contribution in [-0.4, -0.2) is 29.5 Å². The van der Waals surface area contributed by atoms with Crippen LogP contribution in [0.4, 0.5) is 0 Å². The second-order valence-electron chi connectivity index (χ2n) is 2.88. The zero-order valence-corrected chi connectivity index (χ0v) is 8.67. The second-order valence-corrected chi connectivity index (χ2v) is 2.88. The lowest BCUT2D eigenvalue weighted by atomic mass is 10.1.